The number of benzene rings is 2. The van der Waals surface area contributed by atoms with Gasteiger partial charge in [0.15, 0.2) is 0 Å². The number of aryl methyl sites for hydroxylation is 1. The Labute approximate surface area is 222 Å². The van der Waals surface area contributed by atoms with Gasteiger partial charge in [0, 0.05) is 35.2 Å². The Kier molecular flexibility index (Phi) is 6.13. The molecule has 198 valence electrons. The molecule has 0 amide bonds. The molecule has 0 spiro atoms. The highest BCUT2D eigenvalue weighted by Crippen LogP contribution is 2.51. The second-order valence-electron chi connectivity index (χ2n) is 10.9. The van der Waals surface area contributed by atoms with E-state index < -0.39 is 11.9 Å². The molecular formula is C31H32NO6-. The van der Waals surface area contributed by atoms with Gasteiger partial charge in [0.05, 0.1) is 16.8 Å². The van der Waals surface area contributed by atoms with E-state index in [1.54, 1.807) is 0 Å². The van der Waals surface area contributed by atoms with Crippen molar-refractivity contribution in [2.24, 2.45) is 5.41 Å². The summed E-state index contributed by atoms with van der Waals surface area (Å²) >= 11 is 0. The van der Waals surface area contributed by atoms with Crippen molar-refractivity contribution in [3.8, 4) is 17.6 Å². The summed E-state index contributed by atoms with van der Waals surface area (Å²) in [7, 11) is 0. The normalized spacial score (nSPS) is 20.3. The van der Waals surface area contributed by atoms with Crippen LogP contribution in [0.2, 0.25) is 0 Å². The van der Waals surface area contributed by atoms with Gasteiger partial charge in [0.2, 0.25) is 5.76 Å². The van der Waals surface area contributed by atoms with E-state index in [0.29, 0.717) is 10.7 Å². The van der Waals surface area contributed by atoms with Crippen LogP contribution in [0.15, 0.2) is 63.8 Å². The number of nitrogens with zero attached hydrogens (tertiary/aromatic N) is 1. The predicted molar refractivity (Wildman–Crippen MR) is 141 cm³/mol. The summed E-state index contributed by atoms with van der Waals surface area (Å²) in [6, 6.07) is 6.38. The second kappa shape index (κ2) is 9.08. The van der Waals surface area contributed by atoms with Crippen LogP contribution < -0.4 is 14.9 Å². The average molecular weight is 515 g/mol. The van der Waals surface area contributed by atoms with Crippen LogP contribution in [-0.4, -0.2) is 11.0 Å². The number of allylic oxidation sites excluding steroid dienone is 3. The fourth-order valence-corrected chi connectivity index (χ4v) is 5.38. The fraction of sp³-hybridized carbons (Fsp3) is 0.355. The molecule has 0 N–H and O–H groups in total. The first-order valence-electron chi connectivity index (χ1n) is 12.8. The van der Waals surface area contributed by atoms with Crippen molar-refractivity contribution in [2.45, 2.75) is 66.9 Å². The number of rotatable bonds is 6. The van der Waals surface area contributed by atoms with Crippen molar-refractivity contribution >= 4 is 16.5 Å². The highest BCUT2D eigenvalue weighted by molar-refractivity contribution is 5.91. The van der Waals surface area contributed by atoms with Crippen LogP contribution in [0.5, 0.6) is 17.6 Å². The topological polar surface area (TPSA) is 97.8 Å². The van der Waals surface area contributed by atoms with Gasteiger partial charge in [-0.25, -0.2) is 0 Å². The summed E-state index contributed by atoms with van der Waals surface area (Å²) < 4.78 is 10.9. The molecule has 2 unspecified atom stereocenters. The molecule has 7 heteroatoms. The first-order valence-corrected chi connectivity index (χ1v) is 12.8. The van der Waals surface area contributed by atoms with Gasteiger partial charge in [-0.1, -0.05) is 32.1 Å². The SMILES string of the molecule is CC1=CC(c2cc(C)c(OC3C=CC3)c(C)c2C)C(C)(C)C(C)=C1O[N+](=O)c1ccc2c([O-])oc([O-])c2c1. The van der Waals surface area contributed by atoms with E-state index >= 15 is 0 Å². The Morgan fingerprint density at radius 2 is 1.68 bits per heavy atom. The van der Waals surface area contributed by atoms with Crippen LogP contribution in [0.1, 0.15) is 62.3 Å². The first-order chi connectivity index (χ1) is 17.9. The third-order valence-electron chi connectivity index (χ3n) is 8.26. The predicted octanol–water partition coefficient (Wildman–Crippen LogP) is 6.60. The molecule has 2 aromatic carbocycles. The summed E-state index contributed by atoms with van der Waals surface area (Å²) in [5, 5.41) is 23.9. The van der Waals surface area contributed by atoms with E-state index in [1.165, 1.54) is 29.3 Å². The summed E-state index contributed by atoms with van der Waals surface area (Å²) in [5.41, 5.74) is 6.19. The van der Waals surface area contributed by atoms with E-state index in [4.69, 9.17) is 9.57 Å². The van der Waals surface area contributed by atoms with E-state index in [9.17, 15) is 15.1 Å². The Bertz CT molecular complexity index is 1570. The maximum atomic E-state index is 13.0. The molecule has 0 aliphatic heterocycles. The van der Waals surface area contributed by atoms with Crippen LogP contribution in [0.3, 0.4) is 0 Å². The maximum absolute atomic E-state index is 13.0. The second-order valence-corrected chi connectivity index (χ2v) is 10.9. The van der Waals surface area contributed by atoms with Gasteiger partial charge in [-0.2, -0.15) is 4.84 Å². The van der Waals surface area contributed by atoms with Crippen LogP contribution in [0, 0.1) is 31.1 Å². The zero-order valence-electron chi connectivity index (χ0n) is 22.8. The van der Waals surface area contributed by atoms with E-state index in [1.807, 2.05) is 13.8 Å². The molecule has 5 rings (SSSR count). The molecule has 2 atom stereocenters. The van der Waals surface area contributed by atoms with Gasteiger partial charge in [-0.05, 0) is 85.6 Å². The quantitative estimate of drug-likeness (QED) is 0.272. The maximum Gasteiger partial charge on any atom is 0.317 e. The lowest BCUT2D eigenvalue weighted by atomic mass is 9.65. The largest absolute Gasteiger partial charge is 0.571 e. The zero-order chi connectivity index (χ0) is 27.5. The molecule has 2 aliphatic carbocycles. The van der Waals surface area contributed by atoms with Gasteiger partial charge in [-0.3, -0.25) is 0 Å². The Morgan fingerprint density at radius 1 is 1.00 bits per heavy atom. The van der Waals surface area contributed by atoms with Crippen molar-refractivity contribution in [3.05, 3.63) is 86.6 Å². The van der Waals surface area contributed by atoms with E-state index in [0.717, 1.165) is 34.4 Å². The van der Waals surface area contributed by atoms with Crippen LogP contribution in [-0.2, 0) is 4.84 Å². The smallest absolute Gasteiger partial charge is 0.317 e. The van der Waals surface area contributed by atoms with Gasteiger partial charge >= 0.3 is 5.69 Å². The Morgan fingerprint density at radius 3 is 2.34 bits per heavy atom. The van der Waals surface area contributed by atoms with Gasteiger partial charge in [-0.15, -0.1) is 0 Å². The highest BCUT2D eigenvalue weighted by atomic mass is 16.8. The number of hydrogen-bond donors (Lipinski definition) is 0. The number of furan rings is 1. The number of ether oxygens (including phenoxy) is 1. The number of fused-ring (bicyclic) bond motifs is 1. The van der Waals surface area contributed by atoms with Gasteiger partial charge in [0.25, 0.3) is 4.92 Å². The molecule has 0 saturated heterocycles. The van der Waals surface area contributed by atoms with Crippen LogP contribution in [0.25, 0.3) is 10.8 Å². The van der Waals surface area contributed by atoms with Crippen LogP contribution >= 0.6 is 0 Å². The molecule has 0 bridgehead atoms. The van der Waals surface area contributed by atoms with Crippen LogP contribution in [0.4, 0.5) is 5.69 Å². The zero-order valence-corrected chi connectivity index (χ0v) is 22.8. The molecule has 0 fully saturated rings. The third kappa shape index (κ3) is 4.06. The standard InChI is InChI=1S/C31H33NO6/c1-16-13-24(18(3)19(4)27(16)36-22-9-8-10-22)26-14-17(2)28(20(5)31(26,6)7)38-32(35)21-11-12-23-25(15-21)30(34)37-29(23)33/h8-9,11-15,22,26H,10H2,1-7H3,(H-,33,34,35)/p-1. The van der Waals surface area contributed by atoms with E-state index in [2.05, 4.69) is 63.3 Å². The molecule has 0 radical (unpaired) electrons. The van der Waals surface area contributed by atoms with E-state index in [-0.39, 0.29) is 33.9 Å². The molecule has 7 nitrogen and oxygen atoms in total. The summed E-state index contributed by atoms with van der Waals surface area (Å²) in [6.07, 6.45) is 7.44. The minimum absolute atomic E-state index is 0.0564. The molecular weight excluding hydrogens is 482 g/mol. The summed E-state index contributed by atoms with van der Waals surface area (Å²) in [5.74, 6) is 0.0181. The molecule has 0 saturated carbocycles. The first kappa shape index (κ1) is 25.6. The van der Waals surface area contributed by atoms with Crippen molar-refractivity contribution in [1.29, 1.82) is 0 Å². The molecule has 3 aromatic rings. The monoisotopic (exact) mass is 514 g/mol. The molecule has 2 aliphatic rings. The molecule has 1 heterocycles. The van der Waals surface area contributed by atoms with Crippen molar-refractivity contribution < 1.29 is 29.1 Å². The van der Waals surface area contributed by atoms with Crippen molar-refractivity contribution in [1.82, 2.24) is 0 Å². The highest BCUT2D eigenvalue weighted by Gasteiger charge is 2.40. The minimum atomic E-state index is -0.769. The molecule has 1 aromatic heterocycles. The van der Waals surface area contributed by atoms with Gasteiger partial charge in [0.1, 0.15) is 11.9 Å². The number of hydrogen-bond acceptors (Lipinski definition) is 6. The van der Waals surface area contributed by atoms with Crippen molar-refractivity contribution in [3.63, 3.8) is 0 Å². The lowest BCUT2D eigenvalue weighted by Gasteiger charge is -2.39. The summed E-state index contributed by atoms with van der Waals surface area (Å²) in [4.78, 5) is 19.2. The van der Waals surface area contributed by atoms with Crippen molar-refractivity contribution in [2.75, 3.05) is 0 Å². The Hall–Kier alpha value is -4.00. The Balaban J connectivity index is 1.46. The van der Waals surface area contributed by atoms with Gasteiger partial charge < -0.3 is 19.4 Å². The molecule has 38 heavy (non-hydrogen) atoms. The third-order valence-corrected chi connectivity index (χ3v) is 8.26. The summed E-state index contributed by atoms with van der Waals surface area (Å²) in [6.45, 7) is 14.6. The fourth-order valence-electron chi connectivity index (χ4n) is 5.38. The average Bonchev–Trinajstić information content (AvgIpc) is 3.13. The lowest BCUT2D eigenvalue weighted by Crippen LogP contribution is -2.29. The minimum Gasteiger partial charge on any atom is -0.571 e. The lowest BCUT2D eigenvalue weighted by molar-refractivity contribution is -0.729.